The van der Waals surface area contributed by atoms with Gasteiger partial charge in [0, 0.05) is 5.56 Å². The molecule has 4 nitrogen and oxygen atoms in total. The molecule has 0 amide bonds. The van der Waals surface area contributed by atoms with Gasteiger partial charge in [-0.3, -0.25) is 4.99 Å². The lowest BCUT2D eigenvalue weighted by atomic mass is 9.99. The molecule has 0 spiro atoms. The van der Waals surface area contributed by atoms with Gasteiger partial charge in [0.25, 0.3) is 0 Å². The summed E-state index contributed by atoms with van der Waals surface area (Å²) < 4.78 is 42.6. The van der Waals surface area contributed by atoms with Crippen LogP contribution < -0.4 is 4.90 Å². The van der Waals surface area contributed by atoms with Crippen molar-refractivity contribution >= 4 is 34.5 Å². The van der Waals surface area contributed by atoms with Crippen molar-refractivity contribution in [2.24, 2.45) is 15.2 Å². The predicted octanol–water partition coefficient (Wildman–Crippen LogP) is 3.77. The SMILES string of the molecule is Fc1ccc2c(c1)C(c1c(F)cccc1F)=NCC1=NN=C(CCl)CN12. The zero-order valence-corrected chi connectivity index (χ0v) is 14.1. The number of hydrogen-bond donors (Lipinski definition) is 0. The van der Waals surface area contributed by atoms with Gasteiger partial charge in [-0.25, -0.2) is 13.2 Å². The molecule has 0 atom stereocenters. The Labute approximate surface area is 152 Å². The van der Waals surface area contributed by atoms with Gasteiger partial charge in [0.2, 0.25) is 0 Å². The summed E-state index contributed by atoms with van der Waals surface area (Å²) in [5.41, 5.74) is 1.21. The van der Waals surface area contributed by atoms with Crippen LogP contribution in [0.15, 0.2) is 51.6 Å². The van der Waals surface area contributed by atoms with E-state index in [1.165, 1.54) is 24.3 Å². The van der Waals surface area contributed by atoms with Crippen molar-refractivity contribution in [1.82, 2.24) is 0 Å². The fourth-order valence-electron chi connectivity index (χ4n) is 3.00. The van der Waals surface area contributed by atoms with Gasteiger partial charge in [-0.2, -0.15) is 5.10 Å². The number of hydrogen-bond acceptors (Lipinski definition) is 4. The standard InChI is InChI=1S/C18H12ClF3N4/c19-7-11-9-26-15-5-4-10(20)6-12(15)18(23-8-16(26)25-24-11)17-13(21)2-1-3-14(17)22/h1-6H,7-9H2. The van der Waals surface area contributed by atoms with Gasteiger partial charge in [0.1, 0.15) is 17.5 Å². The number of rotatable bonds is 2. The fraction of sp³-hybridized carbons (Fsp3) is 0.167. The summed E-state index contributed by atoms with van der Waals surface area (Å²) in [5, 5.41) is 8.15. The Morgan fingerprint density at radius 2 is 1.81 bits per heavy atom. The third-order valence-corrected chi connectivity index (χ3v) is 4.50. The normalized spacial score (nSPS) is 16.2. The van der Waals surface area contributed by atoms with Crippen LogP contribution in [0.4, 0.5) is 18.9 Å². The molecule has 0 bridgehead atoms. The van der Waals surface area contributed by atoms with Gasteiger partial charge < -0.3 is 4.90 Å². The molecule has 0 aromatic heterocycles. The van der Waals surface area contributed by atoms with E-state index in [4.69, 9.17) is 11.6 Å². The van der Waals surface area contributed by atoms with E-state index < -0.39 is 17.5 Å². The van der Waals surface area contributed by atoms with E-state index in [2.05, 4.69) is 15.2 Å². The maximum atomic E-state index is 14.4. The molecule has 0 saturated carbocycles. The van der Waals surface area contributed by atoms with Crippen LogP contribution in [0.3, 0.4) is 0 Å². The van der Waals surface area contributed by atoms with E-state index in [0.29, 0.717) is 23.8 Å². The second-order valence-corrected chi connectivity index (χ2v) is 6.09. The Morgan fingerprint density at radius 1 is 1.04 bits per heavy atom. The molecule has 2 aliphatic rings. The molecule has 0 N–H and O–H groups in total. The van der Waals surface area contributed by atoms with Gasteiger partial charge in [0.15, 0.2) is 5.84 Å². The largest absolute Gasteiger partial charge is 0.320 e. The minimum absolute atomic E-state index is 0.0413. The maximum Gasteiger partial charge on any atom is 0.154 e. The number of nitrogens with zero attached hydrogens (tertiary/aromatic N) is 4. The summed E-state index contributed by atoms with van der Waals surface area (Å²) in [6.07, 6.45) is 0. The van der Waals surface area contributed by atoms with E-state index in [1.807, 2.05) is 0 Å². The highest BCUT2D eigenvalue weighted by molar-refractivity contribution is 6.30. The topological polar surface area (TPSA) is 40.3 Å². The Bertz CT molecular complexity index is 964. The molecule has 26 heavy (non-hydrogen) atoms. The monoisotopic (exact) mass is 376 g/mol. The van der Waals surface area contributed by atoms with Gasteiger partial charge in [-0.1, -0.05) is 6.07 Å². The van der Waals surface area contributed by atoms with Crippen molar-refractivity contribution in [1.29, 1.82) is 0 Å². The molecule has 2 heterocycles. The summed E-state index contributed by atoms with van der Waals surface area (Å²) in [6, 6.07) is 7.59. The highest BCUT2D eigenvalue weighted by Gasteiger charge is 2.29. The molecule has 2 aromatic carbocycles. The number of halogens is 4. The van der Waals surface area contributed by atoms with Crippen molar-refractivity contribution in [2.75, 3.05) is 23.9 Å². The molecular formula is C18H12ClF3N4. The number of benzene rings is 2. The Kier molecular flexibility index (Phi) is 4.24. The van der Waals surface area contributed by atoms with Crippen LogP contribution in [-0.4, -0.2) is 36.2 Å². The van der Waals surface area contributed by atoms with Crippen LogP contribution in [-0.2, 0) is 0 Å². The van der Waals surface area contributed by atoms with E-state index in [1.54, 1.807) is 4.90 Å². The van der Waals surface area contributed by atoms with Crippen molar-refractivity contribution < 1.29 is 13.2 Å². The van der Waals surface area contributed by atoms with Crippen LogP contribution in [0.25, 0.3) is 0 Å². The quantitative estimate of drug-likeness (QED) is 0.735. The van der Waals surface area contributed by atoms with E-state index in [0.717, 1.165) is 12.1 Å². The summed E-state index contributed by atoms with van der Waals surface area (Å²) in [5.74, 6) is -1.37. The second-order valence-electron chi connectivity index (χ2n) is 5.83. The molecule has 2 aliphatic heterocycles. The first-order chi connectivity index (χ1) is 12.6. The van der Waals surface area contributed by atoms with Crippen molar-refractivity contribution in [2.45, 2.75) is 0 Å². The van der Waals surface area contributed by atoms with Crippen molar-refractivity contribution in [3.63, 3.8) is 0 Å². The molecule has 4 rings (SSSR count). The molecule has 0 unspecified atom stereocenters. The van der Waals surface area contributed by atoms with Gasteiger partial charge in [-0.15, -0.1) is 16.7 Å². The highest BCUT2D eigenvalue weighted by Crippen LogP contribution is 2.30. The Balaban J connectivity index is 1.94. The van der Waals surface area contributed by atoms with Crippen LogP contribution in [0.2, 0.25) is 0 Å². The minimum Gasteiger partial charge on any atom is -0.320 e. The fourth-order valence-corrected chi connectivity index (χ4v) is 3.14. The predicted molar refractivity (Wildman–Crippen MR) is 96.2 cm³/mol. The molecule has 0 fully saturated rings. The number of aliphatic imine (C=N–C) groups is 1. The third kappa shape index (κ3) is 2.78. The van der Waals surface area contributed by atoms with Gasteiger partial charge >= 0.3 is 0 Å². The zero-order chi connectivity index (χ0) is 18.3. The van der Waals surface area contributed by atoms with Gasteiger partial charge in [0.05, 0.1) is 41.6 Å². The Hall–Kier alpha value is -2.67. The zero-order valence-electron chi connectivity index (χ0n) is 13.4. The Morgan fingerprint density at radius 3 is 2.54 bits per heavy atom. The maximum absolute atomic E-state index is 14.4. The lowest BCUT2D eigenvalue weighted by molar-refractivity contribution is 0.579. The molecule has 2 aromatic rings. The van der Waals surface area contributed by atoms with Gasteiger partial charge in [-0.05, 0) is 30.3 Å². The summed E-state index contributed by atoms with van der Waals surface area (Å²) in [7, 11) is 0. The molecule has 0 radical (unpaired) electrons. The van der Waals surface area contributed by atoms with E-state index in [9.17, 15) is 13.2 Å². The average molecular weight is 377 g/mol. The summed E-state index contributed by atoms with van der Waals surface area (Å²) in [6.45, 7) is 0.405. The first-order valence-corrected chi connectivity index (χ1v) is 8.36. The third-order valence-electron chi connectivity index (χ3n) is 4.20. The number of alkyl halides is 1. The molecule has 8 heteroatoms. The van der Waals surface area contributed by atoms with E-state index >= 15 is 0 Å². The molecular weight excluding hydrogens is 365 g/mol. The lowest BCUT2D eigenvalue weighted by Crippen LogP contribution is -2.40. The van der Waals surface area contributed by atoms with Crippen molar-refractivity contribution in [3.8, 4) is 0 Å². The summed E-state index contributed by atoms with van der Waals surface area (Å²) in [4.78, 5) is 6.11. The summed E-state index contributed by atoms with van der Waals surface area (Å²) >= 11 is 5.86. The minimum atomic E-state index is -0.765. The molecule has 0 aliphatic carbocycles. The number of amidine groups is 1. The first kappa shape index (κ1) is 16.8. The molecule has 0 saturated heterocycles. The van der Waals surface area contributed by atoms with E-state index in [-0.39, 0.29) is 29.3 Å². The van der Waals surface area contributed by atoms with Crippen molar-refractivity contribution in [3.05, 3.63) is 65.0 Å². The van der Waals surface area contributed by atoms with Crippen LogP contribution in [0.1, 0.15) is 11.1 Å². The smallest absolute Gasteiger partial charge is 0.154 e. The highest BCUT2D eigenvalue weighted by atomic mass is 35.5. The first-order valence-electron chi connectivity index (χ1n) is 7.83. The molecule has 132 valence electrons. The lowest BCUT2D eigenvalue weighted by Gasteiger charge is -2.27. The van der Waals surface area contributed by atoms with Crippen LogP contribution in [0.5, 0.6) is 0 Å². The van der Waals surface area contributed by atoms with Crippen LogP contribution in [0, 0.1) is 17.5 Å². The second kappa shape index (κ2) is 6.57. The number of anilines is 1. The van der Waals surface area contributed by atoms with Crippen LogP contribution >= 0.6 is 11.6 Å². The number of fused-ring (bicyclic) bond motifs is 3. The average Bonchev–Trinajstić information content (AvgIpc) is 2.78.